The molecule has 2 saturated carbocycles. The van der Waals surface area contributed by atoms with Crippen LogP contribution in [0, 0.1) is 5.41 Å². The zero-order chi connectivity index (χ0) is 17.6. The van der Waals surface area contributed by atoms with Gasteiger partial charge in [-0.05, 0) is 37.6 Å². The van der Waals surface area contributed by atoms with Gasteiger partial charge >= 0.3 is 12.0 Å². The van der Waals surface area contributed by atoms with Crippen LogP contribution in [-0.2, 0) is 4.79 Å². The maximum Gasteiger partial charge on any atom is 0.317 e. The Morgan fingerprint density at radius 1 is 1.17 bits per heavy atom. The van der Waals surface area contributed by atoms with E-state index in [0.29, 0.717) is 0 Å². The second-order valence-electron chi connectivity index (χ2n) is 7.83. The monoisotopic (exact) mass is 339 g/mol. The van der Waals surface area contributed by atoms with Crippen molar-refractivity contribution < 1.29 is 14.7 Å². The van der Waals surface area contributed by atoms with Crippen molar-refractivity contribution >= 4 is 12.0 Å². The van der Waals surface area contributed by atoms with Gasteiger partial charge in [0.1, 0.15) is 0 Å². The van der Waals surface area contributed by atoms with Gasteiger partial charge < -0.3 is 15.7 Å². The molecule has 0 aromatic rings. The smallest absolute Gasteiger partial charge is 0.317 e. The molecular weight excluding hydrogens is 306 g/mol. The number of nitrogens with zero attached hydrogens (tertiary/aromatic N) is 1. The second kappa shape index (κ2) is 8.70. The van der Waals surface area contributed by atoms with Crippen molar-refractivity contribution in [3.05, 3.63) is 0 Å². The van der Waals surface area contributed by atoms with Crippen molar-refractivity contribution in [3.63, 3.8) is 0 Å². The zero-order valence-electron chi connectivity index (χ0n) is 15.1. The van der Waals surface area contributed by atoms with Crippen LogP contribution in [0.2, 0.25) is 0 Å². The van der Waals surface area contributed by atoms with Crippen molar-refractivity contribution in [3.8, 4) is 0 Å². The first-order chi connectivity index (χ1) is 11.4. The molecule has 2 amide bonds. The largest absolute Gasteiger partial charge is 0.480 e. The first-order valence-corrected chi connectivity index (χ1v) is 9.42. The normalized spacial score (nSPS) is 26.3. The first kappa shape index (κ1) is 19.0. The van der Waals surface area contributed by atoms with Crippen molar-refractivity contribution in [2.24, 2.45) is 5.41 Å². The van der Waals surface area contributed by atoms with Crippen LogP contribution in [0.5, 0.6) is 0 Å². The number of carboxylic acids is 1. The molecule has 2 aliphatic rings. The molecular formula is C18H33N3O3. The van der Waals surface area contributed by atoms with Gasteiger partial charge in [0.2, 0.25) is 0 Å². The van der Waals surface area contributed by atoms with Crippen molar-refractivity contribution in [1.82, 2.24) is 15.5 Å². The maximum absolute atomic E-state index is 12.1. The van der Waals surface area contributed by atoms with E-state index in [0.717, 1.165) is 25.9 Å². The lowest BCUT2D eigenvalue weighted by molar-refractivity contribution is -0.139. The summed E-state index contributed by atoms with van der Waals surface area (Å²) in [5.74, 6) is -0.789. The van der Waals surface area contributed by atoms with Gasteiger partial charge in [0.15, 0.2) is 0 Å². The first-order valence-electron chi connectivity index (χ1n) is 9.42. The van der Waals surface area contributed by atoms with E-state index in [9.17, 15) is 9.59 Å². The molecule has 0 atom stereocenters. The molecule has 0 unspecified atom stereocenters. The minimum absolute atomic E-state index is 0.0785. The molecule has 0 bridgehead atoms. The highest BCUT2D eigenvalue weighted by atomic mass is 16.4. The van der Waals surface area contributed by atoms with Gasteiger partial charge in [-0.3, -0.25) is 9.69 Å². The van der Waals surface area contributed by atoms with Gasteiger partial charge in [-0.15, -0.1) is 0 Å². The highest BCUT2D eigenvalue weighted by Crippen LogP contribution is 2.33. The van der Waals surface area contributed by atoms with E-state index in [1.807, 2.05) is 11.8 Å². The molecule has 2 fully saturated rings. The van der Waals surface area contributed by atoms with Crippen LogP contribution in [-0.4, -0.2) is 53.7 Å². The van der Waals surface area contributed by atoms with Crippen LogP contribution in [0.25, 0.3) is 0 Å². The number of amides is 2. The number of aliphatic carboxylic acids is 1. The molecule has 0 radical (unpaired) electrons. The summed E-state index contributed by atoms with van der Waals surface area (Å²) >= 11 is 0. The van der Waals surface area contributed by atoms with Crippen molar-refractivity contribution in [2.45, 2.75) is 77.3 Å². The molecule has 3 N–H and O–H groups in total. The summed E-state index contributed by atoms with van der Waals surface area (Å²) in [6, 6.07) is 0.362. The third-order valence-electron chi connectivity index (χ3n) is 5.70. The molecule has 0 spiro atoms. The fraction of sp³-hybridized carbons (Fsp3) is 0.889. The molecule has 138 valence electrons. The van der Waals surface area contributed by atoms with Crippen LogP contribution < -0.4 is 10.6 Å². The number of urea groups is 1. The highest BCUT2D eigenvalue weighted by Gasteiger charge is 2.35. The summed E-state index contributed by atoms with van der Waals surface area (Å²) in [7, 11) is 0. The summed E-state index contributed by atoms with van der Waals surface area (Å²) in [6.45, 7) is 5.81. The second-order valence-corrected chi connectivity index (χ2v) is 7.83. The molecule has 0 aliphatic heterocycles. The Morgan fingerprint density at radius 2 is 1.79 bits per heavy atom. The molecule has 0 aromatic heterocycles. The minimum atomic E-state index is -0.789. The third kappa shape index (κ3) is 5.65. The number of likely N-dealkylation sites (N-methyl/N-ethyl adjacent to an activating group) is 1. The standard InChI is InChI=1S/C18H33N3O3/c1-3-21(12-16(22)23)15-10-14(11-15)20-17(24)19-13-18(2)8-6-4-5-7-9-18/h14-15H,3-13H2,1-2H3,(H,22,23)(H2,19,20,24). The van der Waals surface area contributed by atoms with Crippen LogP contribution in [0.3, 0.4) is 0 Å². The van der Waals surface area contributed by atoms with E-state index in [1.165, 1.54) is 38.5 Å². The van der Waals surface area contributed by atoms with E-state index in [-0.39, 0.29) is 30.1 Å². The van der Waals surface area contributed by atoms with Crippen LogP contribution in [0.4, 0.5) is 4.79 Å². The lowest BCUT2D eigenvalue weighted by atomic mass is 9.82. The van der Waals surface area contributed by atoms with Crippen LogP contribution in [0.1, 0.15) is 65.2 Å². The Kier molecular flexibility index (Phi) is 6.90. The number of hydrogen-bond acceptors (Lipinski definition) is 3. The molecule has 2 rings (SSSR count). The molecule has 0 saturated heterocycles. The number of carbonyl (C=O) groups is 2. The van der Waals surface area contributed by atoms with Crippen LogP contribution >= 0.6 is 0 Å². The summed E-state index contributed by atoms with van der Waals surface area (Å²) in [4.78, 5) is 24.9. The molecule has 6 nitrogen and oxygen atoms in total. The Labute approximate surface area is 145 Å². The van der Waals surface area contributed by atoms with Gasteiger partial charge in [0.05, 0.1) is 6.54 Å². The predicted molar refractivity (Wildman–Crippen MR) is 94.0 cm³/mol. The lowest BCUT2D eigenvalue weighted by Crippen LogP contribution is -2.56. The van der Waals surface area contributed by atoms with E-state index in [2.05, 4.69) is 17.6 Å². The summed E-state index contributed by atoms with van der Waals surface area (Å²) in [6.07, 6.45) is 9.22. The third-order valence-corrected chi connectivity index (χ3v) is 5.70. The predicted octanol–water partition coefficient (Wildman–Crippen LogP) is 2.58. The van der Waals surface area contributed by atoms with E-state index in [1.54, 1.807) is 0 Å². The fourth-order valence-corrected chi connectivity index (χ4v) is 3.97. The molecule has 0 aromatic carbocycles. The zero-order valence-corrected chi connectivity index (χ0v) is 15.1. The Bertz CT molecular complexity index is 427. The Morgan fingerprint density at radius 3 is 2.33 bits per heavy atom. The van der Waals surface area contributed by atoms with Gasteiger partial charge in [-0.1, -0.05) is 39.5 Å². The number of rotatable bonds is 7. The van der Waals surface area contributed by atoms with Crippen molar-refractivity contribution in [2.75, 3.05) is 19.6 Å². The summed E-state index contributed by atoms with van der Waals surface area (Å²) in [5.41, 5.74) is 0.233. The van der Waals surface area contributed by atoms with Crippen LogP contribution in [0.15, 0.2) is 0 Å². The quantitative estimate of drug-likeness (QED) is 0.623. The average molecular weight is 339 g/mol. The highest BCUT2D eigenvalue weighted by molar-refractivity contribution is 5.74. The summed E-state index contributed by atoms with van der Waals surface area (Å²) in [5, 5.41) is 15.0. The number of carboxylic acid groups (broad SMARTS) is 1. The molecule has 24 heavy (non-hydrogen) atoms. The van der Waals surface area contributed by atoms with E-state index >= 15 is 0 Å². The average Bonchev–Trinajstić information content (AvgIpc) is 2.71. The van der Waals surface area contributed by atoms with E-state index in [4.69, 9.17) is 5.11 Å². The molecule has 6 heteroatoms. The topological polar surface area (TPSA) is 81.7 Å². The van der Waals surface area contributed by atoms with E-state index < -0.39 is 5.97 Å². The number of carbonyl (C=O) groups excluding carboxylic acids is 1. The molecule has 2 aliphatic carbocycles. The van der Waals surface area contributed by atoms with Gasteiger partial charge in [0.25, 0.3) is 0 Å². The van der Waals surface area contributed by atoms with Gasteiger partial charge in [-0.2, -0.15) is 0 Å². The lowest BCUT2D eigenvalue weighted by Gasteiger charge is -2.42. The minimum Gasteiger partial charge on any atom is -0.480 e. The Hall–Kier alpha value is -1.30. The molecule has 0 heterocycles. The van der Waals surface area contributed by atoms with Crippen molar-refractivity contribution in [1.29, 1.82) is 0 Å². The Balaban J connectivity index is 1.66. The summed E-state index contributed by atoms with van der Waals surface area (Å²) < 4.78 is 0. The fourth-order valence-electron chi connectivity index (χ4n) is 3.97. The van der Waals surface area contributed by atoms with Gasteiger partial charge in [-0.25, -0.2) is 4.79 Å². The SMILES string of the molecule is CCN(CC(=O)O)C1CC(NC(=O)NCC2(C)CCCCCC2)C1. The number of hydrogen-bond donors (Lipinski definition) is 3. The maximum atomic E-state index is 12.1. The van der Waals surface area contributed by atoms with Gasteiger partial charge in [0, 0.05) is 18.6 Å². The number of nitrogens with one attached hydrogen (secondary N) is 2.